The molecule has 2 N–H and O–H groups in total. The Kier molecular flexibility index (Phi) is 2.87. The fraction of sp³-hybridized carbons (Fsp3) is 0.267. The summed E-state index contributed by atoms with van der Waals surface area (Å²) in [7, 11) is 0. The molecule has 2 heterocycles. The van der Waals surface area contributed by atoms with Gasteiger partial charge < -0.3 is 15.0 Å². The lowest BCUT2D eigenvalue weighted by Crippen LogP contribution is -2.61. The summed E-state index contributed by atoms with van der Waals surface area (Å²) in [5, 5.41) is 10.4. The van der Waals surface area contributed by atoms with Crippen LogP contribution in [0.1, 0.15) is 11.3 Å². The zero-order valence-electron chi connectivity index (χ0n) is 10.5. The van der Waals surface area contributed by atoms with E-state index in [0.717, 1.165) is 11.3 Å². The topological polar surface area (TPSA) is 56.3 Å². The van der Waals surface area contributed by atoms with E-state index in [1.807, 2.05) is 42.5 Å². The van der Waals surface area contributed by atoms with Gasteiger partial charge in [0.25, 0.3) is 0 Å². The average molecular weight is 256 g/mol. The quantitative estimate of drug-likeness (QED) is 0.869. The predicted octanol–water partition coefficient (Wildman–Crippen LogP) is 1.29. The van der Waals surface area contributed by atoms with E-state index in [2.05, 4.69) is 4.98 Å². The van der Waals surface area contributed by atoms with Crippen LogP contribution in [-0.2, 0) is 16.8 Å². The first-order valence-electron chi connectivity index (χ1n) is 6.35. The van der Waals surface area contributed by atoms with E-state index in [9.17, 15) is 9.90 Å². The fourth-order valence-electron chi connectivity index (χ4n) is 2.44. The molecule has 98 valence electrons. The molecule has 0 bridgehead atoms. The number of aromatic amines is 1. The number of aliphatic hydroxyl groups is 1. The molecule has 4 nitrogen and oxygen atoms in total. The van der Waals surface area contributed by atoms with E-state index in [0.29, 0.717) is 19.5 Å². The van der Waals surface area contributed by atoms with Gasteiger partial charge in [0.15, 0.2) is 0 Å². The number of aromatic nitrogens is 1. The maximum Gasteiger partial charge on any atom is 0.228 e. The summed E-state index contributed by atoms with van der Waals surface area (Å²) in [6.07, 6.45) is 2.16. The van der Waals surface area contributed by atoms with Gasteiger partial charge in [0, 0.05) is 11.9 Å². The SMILES string of the molecule is O=C(Cc1ccc[nH]1)N1CC(O)(c2ccccc2)C1. The summed E-state index contributed by atoms with van der Waals surface area (Å²) >= 11 is 0. The summed E-state index contributed by atoms with van der Waals surface area (Å²) < 4.78 is 0. The molecule has 1 aromatic carbocycles. The van der Waals surface area contributed by atoms with Crippen LogP contribution < -0.4 is 0 Å². The second kappa shape index (κ2) is 4.55. The third-order valence-electron chi connectivity index (χ3n) is 3.57. The van der Waals surface area contributed by atoms with Gasteiger partial charge in [0.05, 0.1) is 19.5 Å². The Morgan fingerprint density at radius 3 is 2.58 bits per heavy atom. The molecule has 1 fully saturated rings. The van der Waals surface area contributed by atoms with Crippen LogP contribution in [0.2, 0.25) is 0 Å². The van der Waals surface area contributed by atoms with Gasteiger partial charge in [-0.2, -0.15) is 0 Å². The van der Waals surface area contributed by atoms with Crippen LogP contribution in [0.4, 0.5) is 0 Å². The molecule has 1 aliphatic heterocycles. The van der Waals surface area contributed by atoms with Crippen molar-refractivity contribution in [3.05, 3.63) is 59.9 Å². The van der Waals surface area contributed by atoms with Crippen molar-refractivity contribution in [2.75, 3.05) is 13.1 Å². The largest absolute Gasteiger partial charge is 0.381 e. The monoisotopic (exact) mass is 256 g/mol. The number of benzene rings is 1. The molecule has 1 aromatic heterocycles. The third kappa shape index (κ3) is 2.27. The second-order valence-electron chi connectivity index (χ2n) is 5.02. The Bertz CT molecular complexity index is 557. The van der Waals surface area contributed by atoms with Crippen LogP contribution in [0.3, 0.4) is 0 Å². The number of hydrogen-bond donors (Lipinski definition) is 2. The van der Waals surface area contributed by atoms with Crippen molar-refractivity contribution < 1.29 is 9.90 Å². The summed E-state index contributed by atoms with van der Waals surface area (Å²) in [5.74, 6) is 0.0445. The first kappa shape index (κ1) is 12.0. The van der Waals surface area contributed by atoms with Gasteiger partial charge in [-0.25, -0.2) is 0 Å². The second-order valence-corrected chi connectivity index (χ2v) is 5.02. The molecule has 0 spiro atoms. The highest BCUT2D eigenvalue weighted by atomic mass is 16.3. The zero-order valence-corrected chi connectivity index (χ0v) is 10.5. The number of β-amino-alcohol motifs (C(OH)–C–C–N with tert-alkyl or cyclic N) is 1. The first-order valence-corrected chi connectivity index (χ1v) is 6.35. The number of rotatable bonds is 3. The Balaban J connectivity index is 1.62. The minimum atomic E-state index is -0.882. The highest BCUT2D eigenvalue weighted by Crippen LogP contribution is 2.31. The smallest absolute Gasteiger partial charge is 0.228 e. The minimum Gasteiger partial charge on any atom is -0.381 e. The lowest BCUT2D eigenvalue weighted by atomic mass is 9.86. The Morgan fingerprint density at radius 1 is 1.21 bits per heavy atom. The van der Waals surface area contributed by atoms with Crippen molar-refractivity contribution in [1.82, 2.24) is 9.88 Å². The molecular weight excluding hydrogens is 240 g/mol. The Labute approximate surface area is 111 Å². The molecular formula is C15H16N2O2. The Hall–Kier alpha value is -2.07. The number of nitrogens with zero attached hydrogens (tertiary/aromatic N) is 1. The van der Waals surface area contributed by atoms with Crippen molar-refractivity contribution in [2.45, 2.75) is 12.0 Å². The number of likely N-dealkylation sites (tertiary alicyclic amines) is 1. The number of amides is 1. The standard InChI is InChI=1S/C15H16N2O2/c18-14(9-13-7-4-8-16-13)17-10-15(19,11-17)12-5-2-1-3-6-12/h1-8,16,19H,9-11H2. The molecule has 19 heavy (non-hydrogen) atoms. The summed E-state index contributed by atoms with van der Waals surface area (Å²) in [6, 6.07) is 13.3. The van der Waals surface area contributed by atoms with Crippen molar-refractivity contribution in [1.29, 1.82) is 0 Å². The van der Waals surface area contributed by atoms with E-state index in [4.69, 9.17) is 0 Å². The van der Waals surface area contributed by atoms with E-state index in [-0.39, 0.29) is 5.91 Å². The lowest BCUT2D eigenvalue weighted by Gasteiger charge is -2.46. The van der Waals surface area contributed by atoms with Crippen LogP contribution in [0.5, 0.6) is 0 Å². The van der Waals surface area contributed by atoms with Crippen molar-refractivity contribution >= 4 is 5.91 Å². The van der Waals surface area contributed by atoms with Crippen LogP contribution in [0.15, 0.2) is 48.7 Å². The van der Waals surface area contributed by atoms with Crippen LogP contribution in [0.25, 0.3) is 0 Å². The van der Waals surface area contributed by atoms with Crippen molar-refractivity contribution in [2.24, 2.45) is 0 Å². The molecule has 0 atom stereocenters. The summed E-state index contributed by atoms with van der Waals surface area (Å²) in [5.41, 5.74) is 0.895. The summed E-state index contributed by atoms with van der Waals surface area (Å²) in [4.78, 5) is 16.7. The van der Waals surface area contributed by atoms with Crippen molar-refractivity contribution in [3.63, 3.8) is 0 Å². The molecule has 3 rings (SSSR count). The third-order valence-corrected chi connectivity index (χ3v) is 3.57. The molecule has 1 aliphatic rings. The van der Waals surface area contributed by atoms with E-state index < -0.39 is 5.60 Å². The Morgan fingerprint density at radius 2 is 1.95 bits per heavy atom. The number of nitrogens with one attached hydrogen (secondary N) is 1. The molecule has 1 saturated heterocycles. The normalized spacial score (nSPS) is 17.0. The summed E-state index contributed by atoms with van der Waals surface area (Å²) in [6.45, 7) is 0.743. The number of hydrogen-bond acceptors (Lipinski definition) is 2. The molecule has 2 aromatic rings. The molecule has 0 unspecified atom stereocenters. The van der Waals surface area contributed by atoms with Crippen LogP contribution in [0, 0.1) is 0 Å². The maximum absolute atomic E-state index is 12.0. The first-order chi connectivity index (χ1) is 9.17. The van der Waals surface area contributed by atoms with Gasteiger partial charge >= 0.3 is 0 Å². The van der Waals surface area contributed by atoms with Gasteiger partial charge in [-0.1, -0.05) is 30.3 Å². The van der Waals surface area contributed by atoms with Crippen LogP contribution >= 0.6 is 0 Å². The van der Waals surface area contributed by atoms with Gasteiger partial charge in [-0.05, 0) is 17.7 Å². The predicted molar refractivity (Wildman–Crippen MR) is 71.4 cm³/mol. The molecule has 0 radical (unpaired) electrons. The minimum absolute atomic E-state index is 0.0445. The van der Waals surface area contributed by atoms with Crippen molar-refractivity contribution in [3.8, 4) is 0 Å². The number of carbonyl (C=O) groups is 1. The van der Waals surface area contributed by atoms with E-state index in [1.165, 1.54) is 0 Å². The average Bonchev–Trinajstić information content (AvgIpc) is 2.89. The lowest BCUT2D eigenvalue weighted by molar-refractivity contribution is -0.156. The zero-order chi connectivity index (χ0) is 13.3. The number of H-pyrrole nitrogens is 1. The molecule has 0 aliphatic carbocycles. The van der Waals surface area contributed by atoms with Gasteiger partial charge in [0.1, 0.15) is 5.60 Å². The molecule has 0 saturated carbocycles. The number of carbonyl (C=O) groups excluding carboxylic acids is 1. The molecule has 1 amide bonds. The highest BCUT2D eigenvalue weighted by Gasteiger charge is 2.44. The van der Waals surface area contributed by atoms with E-state index >= 15 is 0 Å². The van der Waals surface area contributed by atoms with Gasteiger partial charge in [-0.15, -0.1) is 0 Å². The molecule has 4 heteroatoms. The van der Waals surface area contributed by atoms with Gasteiger partial charge in [-0.3, -0.25) is 4.79 Å². The van der Waals surface area contributed by atoms with Gasteiger partial charge in [0.2, 0.25) is 5.91 Å². The maximum atomic E-state index is 12.0. The fourth-order valence-corrected chi connectivity index (χ4v) is 2.44. The van der Waals surface area contributed by atoms with Crippen LogP contribution in [-0.4, -0.2) is 34.0 Å². The van der Waals surface area contributed by atoms with E-state index in [1.54, 1.807) is 11.1 Å². The highest BCUT2D eigenvalue weighted by molar-refractivity contribution is 5.79.